The Bertz CT molecular complexity index is 2580. The fourth-order valence-corrected chi connectivity index (χ4v) is 7.33. The minimum absolute atomic E-state index is 0.923. The zero-order valence-electron chi connectivity index (χ0n) is 24.4. The highest BCUT2D eigenvalue weighted by atomic mass is 16.3. The van der Waals surface area contributed by atoms with Gasteiger partial charge in [0.05, 0.1) is 11.0 Å². The maximum atomic E-state index is 6.37. The molecule has 2 heterocycles. The Morgan fingerprint density at radius 2 is 1.35 bits per heavy atom. The van der Waals surface area contributed by atoms with E-state index in [1.54, 1.807) is 0 Å². The summed E-state index contributed by atoms with van der Waals surface area (Å²) < 4.78 is 8.83. The van der Waals surface area contributed by atoms with Crippen LogP contribution in [0.1, 0.15) is 16.7 Å². The SMILES string of the molecule is Cc1ccc2c(c1)c1cc(C)c3c(ccc4cccc(C)c43)c1n2-c1ccc(-c2cccc3c2oc2ccccc23)cc1. The van der Waals surface area contributed by atoms with Crippen LogP contribution in [-0.4, -0.2) is 4.57 Å². The van der Waals surface area contributed by atoms with Crippen molar-refractivity contribution in [3.05, 3.63) is 138 Å². The first-order valence-electron chi connectivity index (χ1n) is 14.9. The molecule has 0 amide bonds. The van der Waals surface area contributed by atoms with E-state index in [-0.39, 0.29) is 0 Å². The van der Waals surface area contributed by atoms with E-state index < -0.39 is 0 Å². The Kier molecular flexibility index (Phi) is 4.99. The summed E-state index contributed by atoms with van der Waals surface area (Å²) in [5, 5.41) is 10.2. The molecule has 7 aromatic carbocycles. The lowest BCUT2D eigenvalue weighted by Crippen LogP contribution is -1.96. The van der Waals surface area contributed by atoms with E-state index in [1.165, 1.54) is 60.0 Å². The highest BCUT2D eigenvalue weighted by Crippen LogP contribution is 2.42. The van der Waals surface area contributed by atoms with Crippen molar-refractivity contribution in [1.82, 2.24) is 4.57 Å². The monoisotopic (exact) mass is 551 g/mol. The van der Waals surface area contributed by atoms with Gasteiger partial charge < -0.3 is 8.98 Å². The molecule has 2 heteroatoms. The van der Waals surface area contributed by atoms with E-state index in [0.717, 1.165) is 38.8 Å². The summed E-state index contributed by atoms with van der Waals surface area (Å²) in [6, 6.07) is 44.2. The lowest BCUT2D eigenvalue weighted by molar-refractivity contribution is 0.670. The molecule has 0 N–H and O–H groups in total. The Hall–Kier alpha value is -5.34. The van der Waals surface area contributed by atoms with Crippen LogP contribution in [0, 0.1) is 20.8 Å². The van der Waals surface area contributed by atoms with Gasteiger partial charge in [-0.2, -0.15) is 0 Å². The molecule has 2 aromatic heterocycles. The quantitative estimate of drug-likeness (QED) is 0.195. The number of para-hydroxylation sites is 2. The summed E-state index contributed by atoms with van der Waals surface area (Å²) in [4.78, 5) is 0. The number of fused-ring (bicyclic) bond motifs is 10. The first-order chi connectivity index (χ1) is 21.1. The molecular formula is C41H29NO. The van der Waals surface area contributed by atoms with Gasteiger partial charge in [0.1, 0.15) is 11.2 Å². The van der Waals surface area contributed by atoms with Gasteiger partial charge in [-0.25, -0.2) is 0 Å². The van der Waals surface area contributed by atoms with Crippen LogP contribution >= 0.6 is 0 Å². The zero-order valence-corrected chi connectivity index (χ0v) is 24.4. The molecule has 9 aromatic rings. The molecule has 0 saturated heterocycles. The van der Waals surface area contributed by atoms with Gasteiger partial charge in [0.2, 0.25) is 0 Å². The van der Waals surface area contributed by atoms with Gasteiger partial charge in [0, 0.05) is 38.2 Å². The van der Waals surface area contributed by atoms with E-state index in [9.17, 15) is 0 Å². The fourth-order valence-electron chi connectivity index (χ4n) is 7.33. The van der Waals surface area contributed by atoms with Gasteiger partial charge in [0.15, 0.2) is 0 Å². The third-order valence-electron chi connectivity index (χ3n) is 9.27. The third-order valence-corrected chi connectivity index (χ3v) is 9.27. The molecule has 0 fully saturated rings. The second-order valence-electron chi connectivity index (χ2n) is 11.9. The van der Waals surface area contributed by atoms with Gasteiger partial charge in [0.25, 0.3) is 0 Å². The van der Waals surface area contributed by atoms with Crippen molar-refractivity contribution >= 4 is 65.3 Å². The van der Waals surface area contributed by atoms with Gasteiger partial charge in [-0.3, -0.25) is 0 Å². The van der Waals surface area contributed by atoms with Gasteiger partial charge in [-0.05, 0) is 90.0 Å². The summed E-state index contributed by atoms with van der Waals surface area (Å²) >= 11 is 0. The number of nitrogens with zero attached hydrogens (tertiary/aromatic N) is 1. The first-order valence-corrected chi connectivity index (χ1v) is 14.9. The molecule has 9 rings (SSSR count). The smallest absolute Gasteiger partial charge is 0.143 e. The summed E-state index contributed by atoms with van der Waals surface area (Å²) in [6.07, 6.45) is 0. The van der Waals surface area contributed by atoms with Crippen LogP contribution in [0.5, 0.6) is 0 Å². The largest absolute Gasteiger partial charge is 0.455 e. The normalized spacial score (nSPS) is 12.1. The van der Waals surface area contributed by atoms with Crippen molar-refractivity contribution in [3.8, 4) is 16.8 Å². The average molecular weight is 552 g/mol. The highest BCUT2D eigenvalue weighted by Gasteiger charge is 2.19. The van der Waals surface area contributed by atoms with E-state index in [2.05, 4.69) is 135 Å². The molecule has 0 atom stereocenters. The van der Waals surface area contributed by atoms with E-state index in [4.69, 9.17) is 4.42 Å². The Morgan fingerprint density at radius 1 is 0.535 bits per heavy atom. The number of benzene rings is 7. The maximum absolute atomic E-state index is 6.37. The maximum Gasteiger partial charge on any atom is 0.143 e. The molecule has 0 aliphatic carbocycles. The molecular weight excluding hydrogens is 522 g/mol. The summed E-state index contributed by atoms with van der Waals surface area (Å²) in [7, 11) is 0. The minimum atomic E-state index is 0.923. The lowest BCUT2D eigenvalue weighted by Gasteiger charge is -2.14. The molecule has 43 heavy (non-hydrogen) atoms. The molecule has 0 saturated carbocycles. The van der Waals surface area contributed by atoms with E-state index >= 15 is 0 Å². The molecule has 0 spiro atoms. The fraction of sp³-hybridized carbons (Fsp3) is 0.0732. The molecule has 204 valence electrons. The van der Waals surface area contributed by atoms with E-state index in [1.807, 2.05) is 12.1 Å². The number of hydrogen-bond donors (Lipinski definition) is 0. The van der Waals surface area contributed by atoms with Crippen LogP contribution in [0.4, 0.5) is 0 Å². The molecule has 0 radical (unpaired) electrons. The topological polar surface area (TPSA) is 18.1 Å². The Labute approximate surface area is 249 Å². The van der Waals surface area contributed by atoms with Crippen molar-refractivity contribution in [2.24, 2.45) is 0 Å². The summed E-state index contributed by atoms with van der Waals surface area (Å²) in [5.74, 6) is 0. The van der Waals surface area contributed by atoms with Gasteiger partial charge >= 0.3 is 0 Å². The number of furan rings is 1. The number of rotatable bonds is 2. The van der Waals surface area contributed by atoms with Crippen molar-refractivity contribution in [3.63, 3.8) is 0 Å². The molecule has 0 aliphatic rings. The lowest BCUT2D eigenvalue weighted by atomic mass is 9.93. The third kappa shape index (κ3) is 3.41. The van der Waals surface area contributed by atoms with Crippen LogP contribution in [0.15, 0.2) is 126 Å². The van der Waals surface area contributed by atoms with Crippen LogP contribution in [0.2, 0.25) is 0 Å². The molecule has 0 aliphatic heterocycles. The second-order valence-corrected chi connectivity index (χ2v) is 11.9. The summed E-state index contributed by atoms with van der Waals surface area (Å²) in [5.41, 5.74) is 11.7. The van der Waals surface area contributed by atoms with E-state index in [0.29, 0.717) is 0 Å². The van der Waals surface area contributed by atoms with Crippen molar-refractivity contribution < 1.29 is 4.42 Å². The Morgan fingerprint density at radius 3 is 2.23 bits per heavy atom. The number of hydrogen-bond acceptors (Lipinski definition) is 1. The highest BCUT2D eigenvalue weighted by molar-refractivity contribution is 6.24. The number of aromatic nitrogens is 1. The Balaban J connectivity index is 1.32. The van der Waals surface area contributed by atoms with Crippen LogP contribution in [0.3, 0.4) is 0 Å². The average Bonchev–Trinajstić information content (AvgIpc) is 3.57. The standard InChI is InChI=1S/C41H29NO/c1-24-14-21-36-34(22-24)35-23-26(3)39-33(20-17-28-9-6-8-25(2)38(28)39)40(35)42(36)29-18-15-27(16-19-29)30-11-7-12-32-31-10-4-5-13-37(31)43-41(30)32/h4-23H,1-3H3. The molecule has 0 unspecified atom stereocenters. The van der Waals surface area contributed by atoms with Crippen molar-refractivity contribution in [2.75, 3.05) is 0 Å². The van der Waals surface area contributed by atoms with Crippen molar-refractivity contribution in [2.45, 2.75) is 20.8 Å². The predicted octanol–water partition coefficient (Wildman–Crippen LogP) is 11.6. The summed E-state index contributed by atoms with van der Waals surface area (Å²) in [6.45, 7) is 6.67. The molecule has 2 nitrogen and oxygen atoms in total. The van der Waals surface area contributed by atoms with Crippen molar-refractivity contribution in [1.29, 1.82) is 0 Å². The first kappa shape index (κ1) is 24.3. The van der Waals surface area contributed by atoms with Crippen LogP contribution in [0.25, 0.3) is 82.1 Å². The number of aryl methyl sites for hydroxylation is 3. The van der Waals surface area contributed by atoms with Gasteiger partial charge in [-0.15, -0.1) is 0 Å². The second kappa shape index (κ2) is 8.83. The minimum Gasteiger partial charge on any atom is -0.455 e. The zero-order chi connectivity index (χ0) is 28.8. The van der Waals surface area contributed by atoms with Crippen LogP contribution < -0.4 is 0 Å². The molecule has 0 bridgehead atoms. The van der Waals surface area contributed by atoms with Gasteiger partial charge in [-0.1, -0.05) is 90.5 Å². The predicted molar refractivity (Wildman–Crippen MR) is 183 cm³/mol. The van der Waals surface area contributed by atoms with Crippen LogP contribution in [-0.2, 0) is 0 Å².